The molecule has 0 N–H and O–H groups in total. The summed E-state index contributed by atoms with van der Waals surface area (Å²) in [6, 6.07) is 21.6. The highest BCUT2D eigenvalue weighted by molar-refractivity contribution is 6.99. The smallest absolute Gasteiger partial charge is 0.308 e. The topological polar surface area (TPSA) is 72.5 Å². The Labute approximate surface area is 251 Å². The van der Waals surface area contributed by atoms with Crippen LogP contribution >= 0.6 is 0 Å². The van der Waals surface area contributed by atoms with E-state index in [0.717, 1.165) is 25.7 Å². The minimum atomic E-state index is -2.76. The Balaban J connectivity index is 1.30. The molecule has 0 amide bonds. The first-order chi connectivity index (χ1) is 20.0. The van der Waals surface area contributed by atoms with Gasteiger partial charge in [0, 0.05) is 25.7 Å². The average molecular weight is 595 g/mol. The van der Waals surface area contributed by atoms with Crippen molar-refractivity contribution in [1.82, 2.24) is 0 Å². The van der Waals surface area contributed by atoms with Crippen LogP contribution in [-0.4, -0.2) is 69.4 Å². The zero-order valence-corrected chi connectivity index (χ0v) is 26.6. The van der Waals surface area contributed by atoms with E-state index in [0.29, 0.717) is 19.4 Å². The van der Waals surface area contributed by atoms with Gasteiger partial charge in [0.1, 0.15) is 12.2 Å². The standard InChI is InChI=1S/C34H46O7Si/c1-33(2,3)42(28-12-8-6-9-13-28,29-14-10-7-11-15-29)41-27-19-24(38-30(20-27)31-22-36-34(4,5)40-31)16-23-17-25-18-26(37-23)21-32(35)39-25/h6-15,23-27,30-31H,16-22H2,1-5H3/t23-,24+,25-,26+,27-,30+,31-/m0/s1. The van der Waals surface area contributed by atoms with Crippen LogP contribution in [0, 0.1) is 0 Å². The highest BCUT2D eigenvalue weighted by Gasteiger charge is 2.53. The molecule has 8 heteroatoms. The molecule has 0 unspecified atom stereocenters. The molecule has 2 aromatic rings. The Morgan fingerprint density at radius 2 is 1.48 bits per heavy atom. The van der Waals surface area contributed by atoms with Crippen molar-refractivity contribution >= 4 is 24.7 Å². The quantitative estimate of drug-likeness (QED) is 0.334. The first-order valence-electron chi connectivity index (χ1n) is 15.6. The van der Waals surface area contributed by atoms with Crippen molar-refractivity contribution in [2.24, 2.45) is 0 Å². The van der Waals surface area contributed by atoms with E-state index in [2.05, 4.69) is 81.4 Å². The third-order valence-electron chi connectivity index (χ3n) is 9.25. The van der Waals surface area contributed by atoms with Gasteiger partial charge in [0.2, 0.25) is 0 Å². The summed E-state index contributed by atoms with van der Waals surface area (Å²) in [4.78, 5) is 11.9. The van der Waals surface area contributed by atoms with Crippen LogP contribution in [0.15, 0.2) is 60.7 Å². The van der Waals surface area contributed by atoms with E-state index in [9.17, 15) is 4.79 Å². The van der Waals surface area contributed by atoms with Crippen LogP contribution in [0.1, 0.15) is 73.1 Å². The van der Waals surface area contributed by atoms with Gasteiger partial charge in [-0.05, 0) is 35.7 Å². The lowest BCUT2D eigenvalue weighted by Crippen LogP contribution is -2.68. The summed E-state index contributed by atoms with van der Waals surface area (Å²) in [5, 5.41) is 2.42. The van der Waals surface area contributed by atoms with Crippen molar-refractivity contribution in [1.29, 1.82) is 0 Å². The number of carbonyl (C=O) groups excluding carboxylic acids is 1. The zero-order chi connectivity index (χ0) is 29.5. The second-order valence-electron chi connectivity index (χ2n) is 13.9. The molecule has 4 aliphatic rings. The number of hydrogen-bond acceptors (Lipinski definition) is 7. The second kappa shape index (κ2) is 11.8. The minimum Gasteiger partial charge on any atom is -0.462 e. The predicted molar refractivity (Wildman–Crippen MR) is 162 cm³/mol. The Morgan fingerprint density at radius 1 is 0.833 bits per heavy atom. The molecule has 4 heterocycles. The molecule has 7 atom stereocenters. The Hall–Kier alpha value is -2.07. The molecule has 0 aliphatic carbocycles. The van der Waals surface area contributed by atoms with Gasteiger partial charge in [-0.3, -0.25) is 4.79 Å². The van der Waals surface area contributed by atoms with Gasteiger partial charge in [-0.15, -0.1) is 0 Å². The molecule has 0 spiro atoms. The molecule has 2 aromatic carbocycles. The third kappa shape index (κ3) is 6.26. The Kier molecular flexibility index (Phi) is 8.41. The summed E-state index contributed by atoms with van der Waals surface area (Å²) in [6.45, 7) is 11.4. The van der Waals surface area contributed by atoms with Crippen molar-refractivity contribution < 1.29 is 32.9 Å². The lowest BCUT2D eigenvalue weighted by molar-refractivity contribution is -0.200. The Morgan fingerprint density at radius 3 is 2.05 bits per heavy atom. The van der Waals surface area contributed by atoms with Gasteiger partial charge in [0.05, 0.1) is 43.5 Å². The summed E-state index contributed by atoms with van der Waals surface area (Å²) in [6.07, 6.45) is 3.51. The molecule has 4 saturated heterocycles. The first kappa shape index (κ1) is 30.0. The maximum Gasteiger partial charge on any atom is 0.308 e. The summed E-state index contributed by atoms with van der Waals surface area (Å²) >= 11 is 0. The molecular formula is C34H46O7Si. The molecule has 0 saturated carbocycles. The van der Waals surface area contributed by atoms with Gasteiger partial charge >= 0.3 is 5.97 Å². The van der Waals surface area contributed by atoms with Crippen LogP contribution in [0.2, 0.25) is 5.04 Å². The van der Waals surface area contributed by atoms with Gasteiger partial charge in [0.25, 0.3) is 8.32 Å². The predicted octanol–water partition coefficient (Wildman–Crippen LogP) is 4.88. The monoisotopic (exact) mass is 594 g/mol. The van der Waals surface area contributed by atoms with E-state index in [1.165, 1.54) is 10.4 Å². The van der Waals surface area contributed by atoms with Crippen LogP contribution < -0.4 is 10.4 Å². The van der Waals surface area contributed by atoms with E-state index in [1.807, 2.05) is 13.8 Å². The summed E-state index contributed by atoms with van der Waals surface area (Å²) < 4.78 is 38.7. The maximum atomic E-state index is 11.9. The fourth-order valence-corrected chi connectivity index (χ4v) is 12.2. The van der Waals surface area contributed by atoms with Crippen molar-refractivity contribution in [3.05, 3.63) is 60.7 Å². The van der Waals surface area contributed by atoms with E-state index in [1.54, 1.807) is 0 Å². The summed E-state index contributed by atoms with van der Waals surface area (Å²) in [5.41, 5.74) is 0. The van der Waals surface area contributed by atoms with Gasteiger partial charge < -0.3 is 28.1 Å². The lowest BCUT2D eigenvalue weighted by atomic mass is 9.90. The van der Waals surface area contributed by atoms with Gasteiger partial charge in [-0.1, -0.05) is 81.4 Å². The van der Waals surface area contributed by atoms with Crippen molar-refractivity contribution in [2.75, 3.05) is 6.61 Å². The van der Waals surface area contributed by atoms with Crippen LogP contribution in [0.25, 0.3) is 0 Å². The zero-order valence-electron chi connectivity index (χ0n) is 25.6. The molecule has 6 rings (SSSR count). The Bertz CT molecular complexity index is 1160. The summed E-state index contributed by atoms with van der Waals surface area (Å²) in [7, 11) is -2.76. The molecular weight excluding hydrogens is 548 g/mol. The van der Waals surface area contributed by atoms with E-state index in [4.69, 9.17) is 28.1 Å². The maximum absolute atomic E-state index is 11.9. The largest absolute Gasteiger partial charge is 0.462 e. The van der Waals surface area contributed by atoms with E-state index >= 15 is 0 Å². The van der Waals surface area contributed by atoms with Crippen LogP contribution in [-0.2, 0) is 32.9 Å². The number of ether oxygens (including phenoxy) is 5. The van der Waals surface area contributed by atoms with Crippen LogP contribution in [0.3, 0.4) is 0 Å². The van der Waals surface area contributed by atoms with Crippen LogP contribution in [0.4, 0.5) is 0 Å². The number of esters is 1. The number of rotatable bonds is 7. The number of fused-ring (bicyclic) bond motifs is 2. The molecule has 228 valence electrons. The second-order valence-corrected chi connectivity index (χ2v) is 18.2. The third-order valence-corrected chi connectivity index (χ3v) is 14.3. The number of benzene rings is 2. The highest BCUT2D eigenvalue weighted by atomic mass is 28.4. The fourth-order valence-electron chi connectivity index (χ4n) is 7.49. The van der Waals surface area contributed by atoms with E-state index in [-0.39, 0.29) is 53.7 Å². The molecule has 4 fully saturated rings. The first-order valence-corrected chi connectivity index (χ1v) is 17.5. The molecule has 4 aliphatic heterocycles. The van der Waals surface area contributed by atoms with E-state index < -0.39 is 14.1 Å². The minimum absolute atomic E-state index is 0.0173. The summed E-state index contributed by atoms with van der Waals surface area (Å²) in [5.74, 6) is -0.785. The van der Waals surface area contributed by atoms with Crippen LogP contribution in [0.5, 0.6) is 0 Å². The normalized spacial score (nSPS) is 33.3. The molecule has 7 nitrogen and oxygen atoms in total. The van der Waals surface area contributed by atoms with Gasteiger partial charge in [-0.2, -0.15) is 0 Å². The number of carbonyl (C=O) groups is 1. The SMILES string of the molecule is CC1(C)OC[C@@H]([C@H]2C[C@@H](O[Si](c3ccccc3)(c3ccccc3)C(C)(C)C)C[C@@H](C[C@H]3C[C@H]4C[C@H](CC(=O)O4)O3)O2)O1. The van der Waals surface area contributed by atoms with Gasteiger partial charge in [-0.25, -0.2) is 0 Å². The van der Waals surface area contributed by atoms with Gasteiger partial charge in [0.15, 0.2) is 5.79 Å². The highest BCUT2D eigenvalue weighted by Crippen LogP contribution is 2.41. The van der Waals surface area contributed by atoms with Crippen molar-refractivity contribution in [3.8, 4) is 0 Å². The fraction of sp³-hybridized carbons (Fsp3) is 0.618. The van der Waals surface area contributed by atoms with Crippen molar-refractivity contribution in [3.63, 3.8) is 0 Å². The molecule has 0 aromatic heterocycles. The lowest BCUT2D eigenvalue weighted by Gasteiger charge is -2.48. The average Bonchev–Trinajstić information content (AvgIpc) is 3.31. The van der Waals surface area contributed by atoms with Crippen molar-refractivity contribution in [2.45, 2.75) is 127 Å². The molecule has 2 bridgehead atoms. The molecule has 0 radical (unpaired) electrons. The number of hydrogen-bond donors (Lipinski definition) is 0. The molecule has 42 heavy (non-hydrogen) atoms.